The van der Waals surface area contributed by atoms with E-state index in [0.717, 1.165) is 0 Å². The SMILES string of the molecule is CC1=CC(C)[C]([Ti]([C]2=C(C)C=C(C)C2)=[C](C)C)=C1.Cl.Cl. The molecule has 0 amide bonds. The van der Waals surface area contributed by atoms with Gasteiger partial charge in [0.15, 0.2) is 0 Å². The molecule has 0 aromatic rings. The van der Waals surface area contributed by atoms with Crippen LogP contribution in [0.15, 0.2) is 42.7 Å². The maximum Gasteiger partial charge on any atom is -0.147 e. The molecular formula is C17H26Cl2Ti. The summed E-state index contributed by atoms with van der Waals surface area (Å²) < 4.78 is 5.23. The minimum Gasteiger partial charge on any atom is -0.147 e. The van der Waals surface area contributed by atoms with Crippen LogP contribution in [0.3, 0.4) is 0 Å². The minimum absolute atomic E-state index is 0. The van der Waals surface area contributed by atoms with Crippen LogP contribution < -0.4 is 0 Å². The summed E-state index contributed by atoms with van der Waals surface area (Å²) in [5.74, 6) is 0.663. The zero-order valence-electron chi connectivity index (χ0n) is 13.3. The van der Waals surface area contributed by atoms with Crippen molar-refractivity contribution < 1.29 is 17.4 Å². The Morgan fingerprint density at radius 3 is 2.05 bits per heavy atom. The number of rotatable bonds is 2. The van der Waals surface area contributed by atoms with Crippen molar-refractivity contribution in [2.24, 2.45) is 5.92 Å². The van der Waals surface area contributed by atoms with E-state index in [0.29, 0.717) is 5.92 Å². The van der Waals surface area contributed by atoms with Gasteiger partial charge in [-0.1, -0.05) is 0 Å². The van der Waals surface area contributed by atoms with E-state index < -0.39 is 17.4 Å². The van der Waals surface area contributed by atoms with Crippen molar-refractivity contribution in [2.75, 3.05) is 0 Å². The van der Waals surface area contributed by atoms with Crippen molar-refractivity contribution in [1.82, 2.24) is 0 Å². The van der Waals surface area contributed by atoms with Gasteiger partial charge in [0.05, 0.1) is 0 Å². The first-order valence-electron chi connectivity index (χ1n) is 6.85. The van der Waals surface area contributed by atoms with Gasteiger partial charge in [0.2, 0.25) is 0 Å². The van der Waals surface area contributed by atoms with Crippen LogP contribution in [0.2, 0.25) is 0 Å². The summed E-state index contributed by atoms with van der Waals surface area (Å²) in [6.07, 6.45) is 8.53. The quantitative estimate of drug-likeness (QED) is 0.556. The monoisotopic (exact) mass is 348 g/mol. The second-order valence-electron chi connectivity index (χ2n) is 6.00. The van der Waals surface area contributed by atoms with Gasteiger partial charge in [-0.15, -0.1) is 24.8 Å². The smallest absolute Gasteiger partial charge is 0.147 e. The van der Waals surface area contributed by atoms with Gasteiger partial charge in [0, 0.05) is 0 Å². The number of hydrogen-bond donors (Lipinski definition) is 0. The predicted molar refractivity (Wildman–Crippen MR) is 92.9 cm³/mol. The zero-order valence-corrected chi connectivity index (χ0v) is 16.5. The Morgan fingerprint density at radius 2 is 1.70 bits per heavy atom. The average Bonchev–Trinajstić information content (AvgIpc) is 2.71. The van der Waals surface area contributed by atoms with Crippen LogP contribution in [0.1, 0.15) is 48.0 Å². The molecule has 0 bridgehead atoms. The Labute approximate surface area is 142 Å². The van der Waals surface area contributed by atoms with E-state index >= 15 is 0 Å². The van der Waals surface area contributed by atoms with Gasteiger partial charge in [0.1, 0.15) is 0 Å². The second-order valence-corrected chi connectivity index (χ2v) is 10.6. The number of allylic oxidation sites excluding steroid dienone is 8. The summed E-state index contributed by atoms with van der Waals surface area (Å²) in [5, 5.41) is 0. The van der Waals surface area contributed by atoms with Crippen molar-refractivity contribution >= 4 is 28.6 Å². The third-order valence-corrected chi connectivity index (χ3v) is 9.11. The number of hydrogen-bond acceptors (Lipinski definition) is 0. The minimum atomic E-state index is -1.37. The molecule has 0 N–H and O–H groups in total. The van der Waals surface area contributed by atoms with E-state index in [1.807, 2.05) is 0 Å². The van der Waals surface area contributed by atoms with Crippen LogP contribution in [0.5, 0.6) is 0 Å². The fourth-order valence-electron chi connectivity index (χ4n) is 3.19. The number of halogens is 2. The van der Waals surface area contributed by atoms with Gasteiger partial charge in [-0.25, -0.2) is 0 Å². The standard InChI is InChI=1S/2C7H9.C3H6.2ClH.Ti/c2*1-6-3-4-7(2)5-6;1-3-2;;;/h5H,3H2,1-2H3;3,5,7H,1-2H3;1-2H3;2*1H;. The molecule has 2 aliphatic rings. The van der Waals surface area contributed by atoms with Crippen molar-refractivity contribution in [3.05, 3.63) is 42.7 Å². The predicted octanol–water partition coefficient (Wildman–Crippen LogP) is 5.76. The molecule has 112 valence electrons. The molecule has 2 rings (SSSR count). The molecule has 20 heavy (non-hydrogen) atoms. The van der Waals surface area contributed by atoms with E-state index in [-0.39, 0.29) is 24.8 Å². The van der Waals surface area contributed by atoms with Crippen molar-refractivity contribution in [3.63, 3.8) is 0 Å². The van der Waals surface area contributed by atoms with Gasteiger partial charge in [-0.2, -0.15) is 0 Å². The zero-order chi connectivity index (χ0) is 13.4. The first-order valence-corrected chi connectivity index (χ1v) is 9.19. The molecule has 0 heterocycles. The maximum absolute atomic E-state index is 2.47. The molecule has 2 aliphatic carbocycles. The Bertz CT molecular complexity index is 541. The van der Waals surface area contributed by atoms with Gasteiger partial charge in [-0.3, -0.25) is 0 Å². The fraction of sp³-hybridized carbons (Fsp3) is 0.471. The van der Waals surface area contributed by atoms with Crippen LogP contribution in [0, 0.1) is 5.92 Å². The Hall–Kier alpha value is 0.124. The molecule has 0 nitrogen and oxygen atoms in total. The molecule has 0 saturated heterocycles. The van der Waals surface area contributed by atoms with E-state index in [4.69, 9.17) is 0 Å². The average molecular weight is 349 g/mol. The molecule has 0 aliphatic heterocycles. The van der Waals surface area contributed by atoms with Crippen molar-refractivity contribution in [3.8, 4) is 0 Å². The maximum atomic E-state index is 2.47. The normalized spacial score (nSPS) is 20.7. The first-order chi connectivity index (χ1) is 8.40. The van der Waals surface area contributed by atoms with Crippen LogP contribution in [-0.2, 0) is 17.4 Å². The largest absolute Gasteiger partial charge is 0.147 e. The molecule has 1 atom stereocenters. The van der Waals surface area contributed by atoms with Crippen LogP contribution in [0.25, 0.3) is 0 Å². The molecule has 0 aromatic heterocycles. The van der Waals surface area contributed by atoms with E-state index in [1.165, 1.54) is 12.0 Å². The Balaban J connectivity index is 0.00000180. The summed E-state index contributed by atoms with van der Waals surface area (Å²) in [6.45, 7) is 13.9. The third kappa shape index (κ3) is 4.07. The molecule has 0 saturated carbocycles. The first kappa shape index (κ1) is 20.1. The van der Waals surface area contributed by atoms with E-state index in [2.05, 4.69) is 59.8 Å². The third-order valence-electron chi connectivity index (χ3n) is 3.87. The summed E-state index contributed by atoms with van der Waals surface area (Å²) in [7, 11) is 0. The molecule has 0 spiro atoms. The fourth-order valence-corrected chi connectivity index (χ4v) is 8.44. The Kier molecular flexibility index (Phi) is 7.99. The molecule has 1 unspecified atom stereocenters. The summed E-state index contributed by atoms with van der Waals surface area (Å²) in [4.78, 5) is 0. The topological polar surface area (TPSA) is 0 Å². The summed E-state index contributed by atoms with van der Waals surface area (Å²) in [5.41, 5.74) is 4.57. The van der Waals surface area contributed by atoms with E-state index in [1.54, 1.807) is 22.7 Å². The summed E-state index contributed by atoms with van der Waals surface area (Å²) >= 11 is -1.37. The molecule has 3 heteroatoms. The second kappa shape index (κ2) is 7.94. The molecule has 0 aromatic carbocycles. The van der Waals surface area contributed by atoms with Gasteiger partial charge in [0.25, 0.3) is 0 Å². The Morgan fingerprint density at radius 1 is 1.10 bits per heavy atom. The van der Waals surface area contributed by atoms with Crippen molar-refractivity contribution in [2.45, 2.75) is 48.0 Å². The van der Waals surface area contributed by atoms with Gasteiger partial charge < -0.3 is 0 Å². The molecule has 0 fully saturated rings. The van der Waals surface area contributed by atoms with Gasteiger partial charge >= 0.3 is 118 Å². The summed E-state index contributed by atoms with van der Waals surface area (Å²) in [6, 6.07) is 0. The van der Waals surface area contributed by atoms with Crippen LogP contribution in [-0.4, -0.2) is 3.81 Å². The van der Waals surface area contributed by atoms with Crippen LogP contribution in [0.4, 0.5) is 0 Å². The van der Waals surface area contributed by atoms with Crippen molar-refractivity contribution in [1.29, 1.82) is 0 Å². The molecule has 0 radical (unpaired) electrons. The molecular weight excluding hydrogens is 323 g/mol. The van der Waals surface area contributed by atoms with E-state index in [9.17, 15) is 0 Å². The van der Waals surface area contributed by atoms with Gasteiger partial charge in [-0.05, 0) is 0 Å². The van der Waals surface area contributed by atoms with Crippen LogP contribution >= 0.6 is 24.8 Å².